The second kappa shape index (κ2) is 4.27. The number of hydrogen-bond donors (Lipinski definition) is 0. The molecular weight excluding hydrogens is 307 g/mol. The number of rotatable bonds is 2. The first-order chi connectivity index (χ1) is 6.68. The lowest BCUT2D eigenvalue weighted by molar-refractivity contribution is 0.495. The molecule has 0 aromatic carbocycles. The summed E-state index contributed by atoms with van der Waals surface area (Å²) in [5.74, 6) is 0.697. The minimum Gasteiger partial charge on any atom is -0.452 e. The van der Waals surface area contributed by atoms with E-state index in [0.29, 0.717) is 15.5 Å². The Hall–Kier alpha value is 0.0400. The highest BCUT2D eigenvalue weighted by Gasteiger charge is 2.18. The molecule has 0 aliphatic carbocycles. The van der Waals surface area contributed by atoms with Gasteiger partial charge in [0.1, 0.15) is 11.1 Å². The summed E-state index contributed by atoms with van der Waals surface area (Å²) in [6.07, 6.45) is 0. The summed E-state index contributed by atoms with van der Waals surface area (Å²) in [5.41, 5.74) is 0. The first-order valence-corrected chi connectivity index (χ1v) is 6.29. The van der Waals surface area contributed by atoms with Gasteiger partial charge in [0.25, 0.3) is 0 Å². The van der Waals surface area contributed by atoms with E-state index in [1.807, 2.05) is 23.6 Å². The quantitative estimate of drug-likeness (QED) is 0.704. The Balaban J connectivity index is 2.33. The Morgan fingerprint density at radius 3 is 2.64 bits per heavy atom. The molecule has 0 N–H and O–H groups in total. The van der Waals surface area contributed by atoms with Gasteiger partial charge in [0, 0.05) is 4.88 Å². The summed E-state index contributed by atoms with van der Waals surface area (Å²) in [7, 11) is 0. The molecule has 1 nitrogen and oxygen atoms in total. The van der Waals surface area contributed by atoms with E-state index in [-0.39, 0.29) is 5.38 Å². The van der Waals surface area contributed by atoms with Crippen LogP contribution in [0.1, 0.15) is 16.0 Å². The summed E-state index contributed by atoms with van der Waals surface area (Å²) >= 11 is 16.9. The third-order valence-electron chi connectivity index (χ3n) is 1.72. The van der Waals surface area contributed by atoms with Crippen LogP contribution < -0.4 is 0 Å². The molecule has 2 aromatic heterocycles. The van der Waals surface area contributed by atoms with Gasteiger partial charge in [0.2, 0.25) is 0 Å². The Kier molecular flexibility index (Phi) is 3.22. The van der Waals surface area contributed by atoms with E-state index in [1.165, 1.54) is 11.3 Å². The summed E-state index contributed by atoms with van der Waals surface area (Å²) in [6.45, 7) is 0. The van der Waals surface area contributed by atoms with Crippen molar-refractivity contribution >= 4 is 50.5 Å². The van der Waals surface area contributed by atoms with Gasteiger partial charge < -0.3 is 4.42 Å². The van der Waals surface area contributed by atoms with Crippen molar-refractivity contribution in [2.45, 2.75) is 5.38 Å². The number of furan rings is 1. The first kappa shape index (κ1) is 10.6. The molecule has 0 spiro atoms. The monoisotopic (exact) mass is 310 g/mol. The van der Waals surface area contributed by atoms with Crippen LogP contribution in [0.25, 0.3) is 0 Å². The van der Waals surface area contributed by atoms with Gasteiger partial charge >= 0.3 is 0 Å². The molecule has 14 heavy (non-hydrogen) atoms. The van der Waals surface area contributed by atoms with Gasteiger partial charge in [0.15, 0.2) is 4.67 Å². The van der Waals surface area contributed by atoms with Gasteiger partial charge in [0.05, 0.1) is 5.02 Å². The Morgan fingerprint density at radius 2 is 2.14 bits per heavy atom. The van der Waals surface area contributed by atoms with Crippen molar-refractivity contribution in [3.8, 4) is 0 Å². The highest BCUT2D eigenvalue weighted by Crippen LogP contribution is 2.38. The van der Waals surface area contributed by atoms with Gasteiger partial charge in [-0.25, -0.2) is 0 Å². The van der Waals surface area contributed by atoms with Gasteiger partial charge in [-0.2, -0.15) is 0 Å². The molecule has 0 fully saturated rings. The first-order valence-electron chi connectivity index (χ1n) is 3.80. The SMILES string of the molecule is Clc1ccsc1C(Cl)c1ccc(Br)o1. The molecule has 5 heteroatoms. The fourth-order valence-corrected chi connectivity index (χ4v) is 2.99. The molecule has 0 aliphatic heterocycles. The third kappa shape index (κ3) is 2.01. The van der Waals surface area contributed by atoms with Crippen LogP contribution in [0.2, 0.25) is 5.02 Å². The van der Waals surface area contributed by atoms with E-state index in [1.54, 1.807) is 0 Å². The smallest absolute Gasteiger partial charge is 0.169 e. The minimum atomic E-state index is -0.311. The zero-order valence-electron chi connectivity index (χ0n) is 6.84. The van der Waals surface area contributed by atoms with Crippen molar-refractivity contribution in [2.24, 2.45) is 0 Å². The molecule has 0 amide bonds. The number of alkyl halides is 1. The van der Waals surface area contributed by atoms with Crippen LogP contribution in [-0.2, 0) is 0 Å². The van der Waals surface area contributed by atoms with Gasteiger partial charge in [-0.1, -0.05) is 11.6 Å². The summed E-state index contributed by atoms with van der Waals surface area (Å²) < 4.78 is 6.03. The van der Waals surface area contributed by atoms with E-state index in [4.69, 9.17) is 27.6 Å². The van der Waals surface area contributed by atoms with Crippen molar-refractivity contribution in [1.82, 2.24) is 0 Å². The fraction of sp³-hybridized carbons (Fsp3) is 0.111. The van der Waals surface area contributed by atoms with Crippen LogP contribution in [0, 0.1) is 0 Å². The fourth-order valence-electron chi connectivity index (χ4n) is 1.08. The largest absolute Gasteiger partial charge is 0.452 e. The maximum absolute atomic E-state index is 6.20. The van der Waals surface area contributed by atoms with Gasteiger partial charge in [-0.05, 0) is 39.5 Å². The summed E-state index contributed by atoms with van der Waals surface area (Å²) in [5, 5.41) is 2.28. The minimum absolute atomic E-state index is 0.311. The highest BCUT2D eigenvalue weighted by atomic mass is 79.9. The second-order valence-corrected chi connectivity index (χ2v) is 5.21. The lowest BCUT2D eigenvalue weighted by atomic mass is 10.3. The zero-order chi connectivity index (χ0) is 10.1. The van der Waals surface area contributed by atoms with Crippen LogP contribution >= 0.6 is 50.5 Å². The normalized spacial score (nSPS) is 13.1. The van der Waals surface area contributed by atoms with Crippen LogP contribution in [-0.4, -0.2) is 0 Å². The van der Waals surface area contributed by atoms with Crippen LogP contribution in [0.15, 0.2) is 32.7 Å². The maximum Gasteiger partial charge on any atom is 0.169 e. The lowest BCUT2D eigenvalue weighted by Gasteiger charge is -2.03. The number of halogens is 3. The van der Waals surface area contributed by atoms with E-state index < -0.39 is 0 Å². The topological polar surface area (TPSA) is 13.1 Å². The van der Waals surface area contributed by atoms with E-state index in [9.17, 15) is 0 Å². The van der Waals surface area contributed by atoms with Crippen LogP contribution in [0.5, 0.6) is 0 Å². The Bertz CT molecular complexity index is 437. The third-order valence-corrected chi connectivity index (χ3v) is 4.13. The lowest BCUT2D eigenvalue weighted by Crippen LogP contribution is -1.87. The molecule has 0 bridgehead atoms. The van der Waals surface area contributed by atoms with Crippen molar-refractivity contribution in [1.29, 1.82) is 0 Å². The van der Waals surface area contributed by atoms with Crippen LogP contribution in [0.3, 0.4) is 0 Å². The molecule has 0 aliphatic rings. The number of hydrogen-bond acceptors (Lipinski definition) is 2. The van der Waals surface area contributed by atoms with E-state index in [2.05, 4.69) is 15.9 Å². The van der Waals surface area contributed by atoms with Gasteiger partial charge in [-0.15, -0.1) is 22.9 Å². The predicted molar refractivity (Wildman–Crippen MR) is 63.4 cm³/mol. The van der Waals surface area contributed by atoms with Gasteiger partial charge in [-0.3, -0.25) is 0 Å². The van der Waals surface area contributed by atoms with Crippen molar-refractivity contribution in [2.75, 3.05) is 0 Å². The molecular formula is C9H5BrCl2OS. The van der Waals surface area contributed by atoms with Crippen molar-refractivity contribution in [3.63, 3.8) is 0 Å². The van der Waals surface area contributed by atoms with E-state index >= 15 is 0 Å². The van der Waals surface area contributed by atoms with Crippen LogP contribution in [0.4, 0.5) is 0 Å². The predicted octanol–water partition coefficient (Wildman–Crippen LogP) is 5.09. The molecule has 2 aromatic rings. The Morgan fingerprint density at radius 1 is 1.36 bits per heavy atom. The zero-order valence-corrected chi connectivity index (χ0v) is 10.8. The summed E-state index contributed by atoms with van der Waals surface area (Å²) in [4.78, 5) is 0.912. The number of thiophene rings is 1. The molecule has 74 valence electrons. The molecule has 2 heterocycles. The standard InChI is InChI=1S/C9H5BrCl2OS/c10-7-2-1-6(13-7)8(12)9-5(11)3-4-14-9/h1-4,8H. The molecule has 1 atom stereocenters. The molecule has 1 unspecified atom stereocenters. The van der Waals surface area contributed by atoms with Crippen molar-refractivity contribution < 1.29 is 4.42 Å². The van der Waals surface area contributed by atoms with E-state index in [0.717, 1.165) is 4.88 Å². The average molecular weight is 312 g/mol. The molecule has 0 saturated heterocycles. The molecule has 0 radical (unpaired) electrons. The summed E-state index contributed by atoms with van der Waals surface area (Å²) in [6, 6.07) is 5.47. The average Bonchev–Trinajstić information content (AvgIpc) is 2.73. The highest BCUT2D eigenvalue weighted by molar-refractivity contribution is 9.10. The second-order valence-electron chi connectivity index (χ2n) is 2.64. The Labute approximate surface area is 104 Å². The maximum atomic E-state index is 6.20. The molecule has 2 rings (SSSR count). The van der Waals surface area contributed by atoms with Crippen molar-refractivity contribution in [3.05, 3.63) is 43.9 Å². The molecule has 0 saturated carbocycles.